The van der Waals surface area contributed by atoms with Gasteiger partial charge in [-0.15, -0.1) is 0 Å². The number of nitrogens with one attached hydrogen (secondary N) is 1. The zero-order valence-electron chi connectivity index (χ0n) is 14.6. The Morgan fingerprint density at radius 3 is 2.78 bits per heavy atom. The Bertz CT molecular complexity index is 976. The zero-order valence-corrected chi connectivity index (χ0v) is 14.6. The molecule has 6 nitrogen and oxygen atoms in total. The fourth-order valence-corrected chi connectivity index (χ4v) is 2.94. The number of hydrogen-bond donors (Lipinski definition) is 1. The molecule has 4 aromatic rings. The molecule has 27 heavy (non-hydrogen) atoms. The lowest BCUT2D eigenvalue weighted by atomic mass is 10.1. The van der Waals surface area contributed by atoms with Crippen LogP contribution in [0.25, 0.3) is 10.8 Å². The number of ether oxygens (including phenoxy) is 1. The number of nitrogens with zero attached hydrogens (tertiary/aromatic N) is 2. The van der Waals surface area contributed by atoms with E-state index in [9.17, 15) is 4.79 Å². The van der Waals surface area contributed by atoms with Crippen LogP contribution in [0.15, 0.2) is 83.7 Å². The van der Waals surface area contributed by atoms with E-state index in [1.54, 1.807) is 17.1 Å². The molecule has 1 amide bonds. The van der Waals surface area contributed by atoms with Crippen molar-refractivity contribution in [3.05, 3.63) is 85.1 Å². The molecule has 0 bridgehead atoms. The summed E-state index contributed by atoms with van der Waals surface area (Å²) in [6.07, 6.45) is 5.14. The summed E-state index contributed by atoms with van der Waals surface area (Å²) in [5.74, 6) is 1.19. The molecule has 2 aromatic carbocycles. The number of carbonyl (C=O) groups is 1. The molecule has 0 spiro atoms. The number of hydrogen-bond acceptors (Lipinski definition) is 4. The molecule has 1 N–H and O–H groups in total. The summed E-state index contributed by atoms with van der Waals surface area (Å²) in [6, 6.07) is 19.1. The van der Waals surface area contributed by atoms with Crippen LogP contribution in [0.5, 0.6) is 5.75 Å². The summed E-state index contributed by atoms with van der Waals surface area (Å²) in [5, 5.41) is 9.34. The fourth-order valence-electron chi connectivity index (χ4n) is 2.94. The van der Waals surface area contributed by atoms with Crippen molar-refractivity contribution in [3.8, 4) is 5.75 Å². The predicted molar refractivity (Wildman–Crippen MR) is 102 cm³/mol. The van der Waals surface area contributed by atoms with Crippen LogP contribution in [0, 0.1) is 0 Å². The lowest BCUT2D eigenvalue weighted by molar-refractivity contribution is -0.123. The summed E-state index contributed by atoms with van der Waals surface area (Å²) < 4.78 is 12.9. The van der Waals surface area contributed by atoms with Gasteiger partial charge in [-0.3, -0.25) is 9.48 Å². The average molecular weight is 361 g/mol. The maximum atomic E-state index is 12.2. The lowest BCUT2D eigenvalue weighted by Gasteiger charge is -2.16. The molecular weight excluding hydrogens is 342 g/mol. The van der Waals surface area contributed by atoms with Crippen molar-refractivity contribution >= 4 is 16.7 Å². The van der Waals surface area contributed by atoms with Crippen LogP contribution in [0.4, 0.5) is 0 Å². The SMILES string of the molecule is O=C(COc1ccc2ccccc2c1)NCC(c1ccco1)n1cccn1. The van der Waals surface area contributed by atoms with E-state index in [1.807, 2.05) is 66.9 Å². The highest BCUT2D eigenvalue weighted by Gasteiger charge is 2.18. The largest absolute Gasteiger partial charge is 0.484 e. The van der Waals surface area contributed by atoms with Gasteiger partial charge in [0.2, 0.25) is 0 Å². The number of fused-ring (bicyclic) bond motifs is 1. The second-order valence-corrected chi connectivity index (χ2v) is 6.12. The molecule has 0 aliphatic rings. The number of furan rings is 1. The van der Waals surface area contributed by atoms with Crippen molar-refractivity contribution in [2.24, 2.45) is 0 Å². The molecule has 0 aliphatic heterocycles. The molecule has 1 unspecified atom stereocenters. The third kappa shape index (κ3) is 4.00. The molecule has 0 aliphatic carbocycles. The Hall–Kier alpha value is -3.54. The lowest BCUT2D eigenvalue weighted by Crippen LogP contribution is -2.34. The molecule has 6 heteroatoms. The van der Waals surface area contributed by atoms with Crippen molar-refractivity contribution in [1.29, 1.82) is 0 Å². The summed E-state index contributed by atoms with van der Waals surface area (Å²) in [5.41, 5.74) is 0. The van der Waals surface area contributed by atoms with E-state index >= 15 is 0 Å². The van der Waals surface area contributed by atoms with Gasteiger partial charge < -0.3 is 14.5 Å². The Morgan fingerprint density at radius 2 is 2.00 bits per heavy atom. The van der Waals surface area contributed by atoms with Gasteiger partial charge in [-0.05, 0) is 41.1 Å². The first-order chi connectivity index (χ1) is 13.3. The van der Waals surface area contributed by atoms with Crippen molar-refractivity contribution in [1.82, 2.24) is 15.1 Å². The van der Waals surface area contributed by atoms with Crippen LogP contribution in [-0.2, 0) is 4.79 Å². The molecular formula is C21H19N3O3. The van der Waals surface area contributed by atoms with Gasteiger partial charge in [0.15, 0.2) is 6.61 Å². The first-order valence-electron chi connectivity index (χ1n) is 8.70. The molecule has 0 saturated heterocycles. The van der Waals surface area contributed by atoms with Crippen LogP contribution >= 0.6 is 0 Å². The van der Waals surface area contributed by atoms with Gasteiger partial charge in [-0.25, -0.2) is 0 Å². The first-order valence-corrected chi connectivity index (χ1v) is 8.70. The summed E-state index contributed by atoms with van der Waals surface area (Å²) in [4.78, 5) is 12.2. The fraction of sp³-hybridized carbons (Fsp3) is 0.143. The van der Waals surface area contributed by atoms with E-state index in [2.05, 4.69) is 10.4 Å². The third-order valence-electron chi connectivity index (χ3n) is 4.30. The maximum Gasteiger partial charge on any atom is 0.258 e. The quantitative estimate of drug-likeness (QED) is 0.548. The summed E-state index contributed by atoms with van der Waals surface area (Å²) in [6.45, 7) is 0.303. The van der Waals surface area contributed by atoms with E-state index in [0.29, 0.717) is 12.3 Å². The number of carbonyl (C=O) groups excluding carboxylic acids is 1. The van der Waals surface area contributed by atoms with E-state index < -0.39 is 0 Å². The minimum atomic E-state index is -0.209. The van der Waals surface area contributed by atoms with Crippen molar-refractivity contribution in [2.45, 2.75) is 6.04 Å². The Kier molecular flexibility index (Phi) is 4.87. The van der Waals surface area contributed by atoms with E-state index in [-0.39, 0.29) is 18.6 Å². The molecule has 0 saturated carbocycles. The number of aromatic nitrogens is 2. The highest BCUT2D eigenvalue weighted by molar-refractivity contribution is 5.84. The van der Waals surface area contributed by atoms with Gasteiger partial charge in [0.1, 0.15) is 17.6 Å². The monoisotopic (exact) mass is 361 g/mol. The van der Waals surface area contributed by atoms with Crippen molar-refractivity contribution < 1.29 is 13.9 Å². The predicted octanol–water partition coefficient (Wildman–Crippen LogP) is 3.41. The Morgan fingerprint density at radius 1 is 1.11 bits per heavy atom. The highest BCUT2D eigenvalue weighted by atomic mass is 16.5. The minimum Gasteiger partial charge on any atom is -0.484 e. The molecule has 1 atom stereocenters. The standard InChI is InChI=1S/C21H19N3O3/c25-21(15-27-18-9-8-16-5-1-2-6-17(16)13-18)22-14-19(20-7-3-12-26-20)24-11-4-10-23-24/h1-13,19H,14-15H2,(H,22,25). The van der Waals surface area contributed by atoms with Gasteiger partial charge >= 0.3 is 0 Å². The number of amides is 1. The Balaban J connectivity index is 1.35. The highest BCUT2D eigenvalue weighted by Crippen LogP contribution is 2.20. The van der Waals surface area contributed by atoms with Crippen LogP contribution in [-0.4, -0.2) is 28.8 Å². The van der Waals surface area contributed by atoms with Crippen LogP contribution in [0.1, 0.15) is 11.8 Å². The molecule has 2 heterocycles. The van der Waals surface area contributed by atoms with Crippen molar-refractivity contribution in [2.75, 3.05) is 13.2 Å². The third-order valence-corrected chi connectivity index (χ3v) is 4.30. The number of benzene rings is 2. The average Bonchev–Trinajstić information content (AvgIpc) is 3.41. The summed E-state index contributed by atoms with van der Waals surface area (Å²) in [7, 11) is 0. The first kappa shape index (κ1) is 16.9. The zero-order chi connectivity index (χ0) is 18.5. The van der Waals surface area contributed by atoms with Gasteiger partial charge in [0.25, 0.3) is 5.91 Å². The van der Waals surface area contributed by atoms with Crippen LogP contribution in [0.3, 0.4) is 0 Å². The normalized spacial score (nSPS) is 12.0. The topological polar surface area (TPSA) is 69.3 Å². The van der Waals surface area contributed by atoms with E-state index in [4.69, 9.17) is 9.15 Å². The Labute approximate surface area is 156 Å². The van der Waals surface area contributed by atoms with E-state index in [1.165, 1.54) is 0 Å². The van der Waals surface area contributed by atoms with Crippen LogP contribution < -0.4 is 10.1 Å². The van der Waals surface area contributed by atoms with Gasteiger partial charge in [0, 0.05) is 18.9 Å². The smallest absolute Gasteiger partial charge is 0.258 e. The molecule has 136 valence electrons. The van der Waals surface area contributed by atoms with Gasteiger partial charge in [-0.1, -0.05) is 30.3 Å². The number of rotatable bonds is 7. The second kappa shape index (κ2) is 7.78. The van der Waals surface area contributed by atoms with Gasteiger partial charge in [0.05, 0.1) is 6.26 Å². The second-order valence-electron chi connectivity index (χ2n) is 6.12. The molecule has 0 fully saturated rings. The van der Waals surface area contributed by atoms with Gasteiger partial charge in [-0.2, -0.15) is 5.10 Å². The van der Waals surface area contributed by atoms with Crippen molar-refractivity contribution in [3.63, 3.8) is 0 Å². The molecule has 2 aromatic heterocycles. The summed E-state index contributed by atoms with van der Waals surface area (Å²) >= 11 is 0. The molecule has 0 radical (unpaired) electrons. The maximum absolute atomic E-state index is 12.2. The van der Waals surface area contributed by atoms with E-state index in [0.717, 1.165) is 16.5 Å². The minimum absolute atomic E-state index is 0.0533. The van der Waals surface area contributed by atoms with Crippen LogP contribution in [0.2, 0.25) is 0 Å². The molecule has 4 rings (SSSR count).